The predicted octanol–water partition coefficient (Wildman–Crippen LogP) is 4.51. The molecule has 0 N–H and O–H groups in total. The highest BCUT2D eigenvalue weighted by Crippen LogP contribution is 2.34. The van der Waals surface area contributed by atoms with E-state index >= 15 is 0 Å². The summed E-state index contributed by atoms with van der Waals surface area (Å²) in [6, 6.07) is 12.6. The van der Waals surface area contributed by atoms with Gasteiger partial charge in [-0.15, -0.1) is 0 Å². The summed E-state index contributed by atoms with van der Waals surface area (Å²) in [5.41, 5.74) is 3.33. The monoisotopic (exact) mass is 451 g/mol. The van der Waals surface area contributed by atoms with Crippen molar-refractivity contribution in [3.8, 4) is 6.07 Å². The first-order valence-corrected chi connectivity index (χ1v) is 12.7. The van der Waals surface area contributed by atoms with Gasteiger partial charge in [0.15, 0.2) is 5.16 Å². The van der Waals surface area contributed by atoms with Crippen LogP contribution in [0.4, 0.5) is 0 Å². The molecule has 2 aromatic rings. The first-order valence-electron chi connectivity index (χ1n) is 11.7. The van der Waals surface area contributed by atoms with Crippen molar-refractivity contribution in [2.45, 2.75) is 63.2 Å². The van der Waals surface area contributed by atoms with Gasteiger partial charge in [0.2, 0.25) is 5.91 Å². The number of benzene rings is 1. The van der Waals surface area contributed by atoms with Crippen LogP contribution in [0.25, 0.3) is 0 Å². The topological polar surface area (TPSA) is 65.2 Å². The second-order valence-electron chi connectivity index (χ2n) is 8.87. The van der Waals surface area contributed by atoms with Crippen LogP contribution in [0.5, 0.6) is 0 Å². The molecule has 1 amide bonds. The van der Waals surface area contributed by atoms with Gasteiger partial charge in [-0.3, -0.25) is 9.69 Å². The van der Waals surface area contributed by atoms with Crippen molar-refractivity contribution in [1.29, 1.82) is 5.26 Å². The van der Waals surface area contributed by atoms with Crippen molar-refractivity contribution in [1.82, 2.24) is 19.4 Å². The van der Waals surface area contributed by atoms with E-state index in [1.54, 1.807) is 11.8 Å². The Labute approximate surface area is 195 Å². The predicted molar refractivity (Wildman–Crippen MR) is 127 cm³/mol. The standard InChI is InChI=1S/C25H33N5OS/c1-19-20(2)30(22-11-7-4-8-12-22)25(27-19)32-18-24(31)29-15-13-28(14-16-29)23(17-26)21-9-5-3-6-10-21/h3,5-6,9-10,22-23H,4,7-8,11-16,18H2,1-2H3/t23-/m1/s1. The van der Waals surface area contributed by atoms with E-state index in [1.165, 1.54) is 37.8 Å². The summed E-state index contributed by atoms with van der Waals surface area (Å²) >= 11 is 1.58. The minimum Gasteiger partial charge on any atom is -0.339 e. The van der Waals surface area contributed by atoms with Crippen LogP contribution in [-0.2, 0) is 4.79 Å². The first-order chi connectivity index (χ1) is 15.6. The van der Waals surface area contributed by atoms with Crippen molar-refractivity contribution in [3.05, 3.63) is 47.3 Å². The lowest BCUT2D eigenvalue weighted by Gasteiger charge is -2.37. The molecule has 1 aliphatic carbocycles. The molecule has 170 valence electrons. The molecule has 0 radical (unpaired) electrons. The average Bonchev–Trinajstić information content (AvgIpc) is 3.13. The SMILES string of the molecule is Cc1nc(SCC(=O)N2CCN([C@H](C#N)c3ccccc3)CC2)n(C2CCCCC2)c1C. The lowest BCUT2D eigenvalue weighted by Crippen LogP contribution is -2.50. The molecule has 1 saturated heterocycles. The fourth-order valence-corrected chi connectivity index (χ4v) is 5.98. The van der Waals surface area contributed by atoms with Gasteiger partial charge in [-0.25, -0.2) is 4.98 Å². The van der Waals surface area contributed by atoms with E-state index in [0.717, 1.165) is 29.5 Å². The highest BCUT2D eigenvalue weighted by Gasteiger charge is 2.28. The van der Waals surface area contributed by atoms with E-state index in [2.05, 4.69) is 29.4 Å². The number of carbonyl (C=O) groups excluding carboxylic acids is 1. The molecule has 1 saturated carbocycles. The number of thioether (sulfide) groups is 1. The maximum atomic E-state index is 13.0. The zero-order valence-electron chi connectivity index (χ0n) is 19.2. The first kappa shape index (κ1) is 22.9. The van der Waals surface area contributed by atoms with E-state index in [-0.39, 0.29) is 11.9 Å². The van der Waals surface area contributed by atoms with Gasteiger partial charge >= 0.3 is 0 Å². The minimum absolute atomic E-state index is 0.163. The second kappa shape index (κ2) is 10.5. The van der Waals surface area contributed by atoms with Gasteiger partial charge in [-0.1, -0.05) is 61.4 Å². The Morgan fingerprint density at radius 2 is 1.81 bits per heavy atom. The van der Waals surface area contributed by atoms with Gasteiger partial charge in [0.25, 0.3) is 0 Å². The fraction of sp³-hybridized carbons (Fsp3) is 0.560. The molecule has 1 aromatic carbocycles. The van der Waals surface area contributed by atoms with E-state index in [1.807, 2.05) is 35.2 Å². The number of hydrogen-bond acceptors (Lipinski definition) is 5. The van der Waals surface area contributed by atoms with Gasteiger partial charge in [-0.2, -0.15) is 5.26 Å². The van der Waals surface area contributed by atoms with Crippen LogP contribution in [0.2, 0.25) is 0 Å². The highest BCUT2D eigenvalue weighted by atomic mass is 32.2. The number of rotatable bonds is 6. The molecule has 32 heavy (non-hydrogen) atoms. The third-order valence-corrected chi connectivity index (χ3v) is 7.83. The molecule has 7 heteroatoms. The van der Waals surface area contributed by atoms with Gasteiger partial charge < -0.3 is 9.47 Å². The second-order valence-corrected chi connectivity index (χ2v) is 9.82. The Kier molecular flexibility index (Phi) is 7.54. The Hall–Kier alpha value is -2.30. The largest absolute Gasteiger partial charge is 0.339 e. The third kappa shape index (κ3) is 5.02. The molecule has 2 aliphatic rings. The molecule has 2 fully saturated rings. The summed E-state index contributed by atoms with van der Waals surface area (Å²) < 4.78 is 2.39. The molecular weight excluding hydrogens is 418 g/mol. The quantitative estimate of drug-likeness (QED) is 0.605. The van der Waals surface area contributed by atoms with Crippen LogP contribution >= 0.6 is 11.8 Å². The number of aromatic nitrogens is 2. The molecule has 1 atom stereocenters. The summed E-state index contributed by atoms with van der Waals surface area (Å²) in [5.74, 6) is 0.583. The smallest absolute Gasteiger partial charge is 0.233 e. The maximum absolute atomic E-state index is 13.0. The molecule has 1 aromatic heterocycles. The molecule has 6 nitrogen and oxygen atoms in total. The van der Waals surface area contributed by atoms with Crippen molar-refractivity contribution in [2.75, 3.05) is 31.9 Å². The summed E-state index contributed by atoms with van der Waals surface area (Å²) in [4.78, 5) is 21.9. The normalized spacial score (nSPS) is 19.0. The Morgan fingerprint density at radius 1 is 1.12 bits per heavy atom. The number of imidazole rings is 1. The van der Waals surface area contributed by atoms with Gasteiger partial charge in [-0.05, 0) is 32.3 Å². The average molecular weight is 452 g/mol. The number of aryl methyl sites for hydroxylation is 1. The van der Waals surface area contributed by atoms with Gasteiger partial charge in [0.1, 0.15) is 6.04 Å². The van der Waals surface area contributed by atoms with Crippen LogP contribution in [-0.4, -0.2) is 57.2 Å². The maximum Gasteiger partial charge on any atom is 0.233 e. The number of piperazine rings is 1. The summed E-state index contributed by atoms with van der Waals surface area (Å²) in [7, 11) is 0. The van der Waals surface area contributed by atoms with Gasteiger partial charge in [0.05, 0.1) is 17.5 Å². The zero-order valence-corrected chi connectivity index (χ0v) is 20.0. The van der Waals surface area contributed by atoms with Crippen LogP contribution in [0.1, 0.15) is 61.1 Å². The summed E-state index contributed by atoms with van der Waals surface area (Å²) in [5, 5.41) is 10.7. The number of nitrogens with zero attached hydrogens (tertiary/aromatic N) is 5. The van der Waals surface area contributed by atoms with Crippen LogP contribution in [0.15, 0.2) is 35.5 Å². The molecular formula is C25H33N5OS. The lowest BCUT2D eigenvalue weighted by molar-refractivity contribution is -0.130. The fourth-order valence-electron chi connectivity index (χ4n) is 4.92. The van der Waals surface area contributed by atoms with E-state index in [4.69, 9.17) is 4.98 Å². The van der Waals surface area contributed by atoms with Crippen molar-refractivity contribution >= 4 is 17.7 Å². The van der Waals surface area contributed by atoms with Crippen molar-refractivity contribution < 1.29 is 4.79 Å². The summed E-state index contributed by atoms with van der Waals surface area (Å²) in [6.07, 6.45) is 6.30. The van der Waals surface area contributed by atoms with Crippen LogP contribution in [0.3, 0.4) is 0 Å². The molecule has 1 aliphatic heterocycles. The minimum atomic E-state index is -0.253. The number of carbonyl (C=O) groups is 1. The van der Waals surface area contributed by atoms with E-state index < -0.39 is 0 Å². The molecule has 4 rings (SSSR count). The van der Waals surface area contributed by atoms with E-state index in [9.17, 15) is 10.1 Å². The van der Waals surface area contributed by atoms with Crippen LogP contribution < -0.4 is 0 Å². The van der Waals surface area contributed by atoms with E-state index in [0.29, 0.717) is 24.9 Å². The Balaban J connectivity index is 1.33. The third-order valence-electron chi connectivity index (χ3n) is 6.89. The molecule has 2 heterocycles. The number of amides is 1. The Morgan fingerprint density at radius 3 is 2.47 bits per heavy atom. The van der Waals surface area contributed by atoms with Gasteiger partial charge in [0, 0.05) is 37.9 Å². The summed E-state index contributed by atoms with van der Waals surface area (Å²) in [6.45, 7) is 6.99. The molecule has 0 bridgehead atoms. The van der Waals surface area contributed by atoms with Crippen molar-refractivity contribution in [3.63, 3.8) is 0 Å². The molecule has 0 spiro atoms. The van der Waals surface area contributed by atoms with Crippen LogP contribution in [0, 0.1) is 25.2 Å². The number of hydrogen-bond donors (Lipinski definition) is 0. The van der Waals surface area contributed by atoms with Crippen molar-refractivity contribution in [2.24, 2.45) is 0 Å². The lowest BCUT2D eigenvalue weighted by atomic mass is 9.95. The molecule has 0 unspecified atom stereocenters. The Bertz CT molecular complexity index is 953. The zero-order chi connectivity index (χ0) is 22.5. The number of nitriles is 1. The highest BCUT2D eigenvalue weighted by molar-refractivity contribution is 7.99.